The number of benzene rings is 2. The third-order valence-electron chi connectivity index (χ3n) is 4.39. The molecule has 0 bridgehead atoms. The Morgan fingerprint density at radius 2 is 1.71 bits per heavy atom. The van der Waals surface area contributed by atoms with E-state index in [1.54, 1.807) is 0 Å². The van der Waals surface area contributed by atoms with E-state index in [2.05, 4.69) is 0 Å². The lowest BCUT2D eigenvalue weighted by molar-refractivity contribution is -0.138. The van der Waals surface area contributed by atoms with Crippen molar-refractivity contribution in [3.05, 3.63) is 64.6 Å². The number of halogens is 4. The molecule has 146 valence electrons. The Morgan fingerprint density at radius 1 is 1.11 bits per heavy atom. The van der Waals surface area contributed by atoms with Gasteiger partial charge in [-0.2, -0.15) is 13.2 Å². The molecule has 0 radical (unpaired) electrons. The van der Waals surface area contributed by atoms with Gasteiger partial charge in [0.2, 0.25) is 0 Å². The van der Waals surface area contributed by atoms with Gasteiger partial charge in [0, 0.05) is 22.7 Å². The number of carbonyl (C=O) groups is 2. The van der Waals surface area contributed by atoms with Crippen molar-refractivity contribution in [1.29, 1.82) is 0 Å². The summed E-state index contributed by atoms with van der Waals surface area (Å²) in [5.74, 6) is -3.68. The van der Waals surface area contributed by atoms with Gasteiger partial charge in [-0.3, -0.25) is 14.2 Å². The van der Waals surface area contributed by atoms with Crippen LogP contribution in [0.25, 0.3) is 10.9 Å². The molecule has 0 aliphatic heterocycles. The molecular weight excluding hydrogens is 382 g/mol. The van der Waals surface area contributed by atoms with E-state index in [9.17, 15) is 32.3 Å². The Balaban J connectivity index is 2.19. The minimum atomic E-state index is -4.56. The predicted octanol–water partition coefficient (Wildman–Crippen LogP) is 4.13. The van der Waals surface area contributed by atoms with Crippen LogP contribution in [0.5, 0.6) is 5.75 Å². The summed E-state index contributed by atoms with van der Waals surface area (Å²) in [5.41, 5.74) is -0.636. The molecule has 0 aliphatic rings. The first-order valence-electron chi connectivity index (χ1n) is 7.97. The number of aromatic hydroxyl groups is 1. The van der Waals surface area contributed by atoms with Crippen LogP contribution in [0.2, 0.25) is 0 Å². The van der Waals surface area contributed by atoms with Gasteiger partial charge in [0.25, 0.3) is 5.91 Å². The number of alkyl halides is 3. The van der Waals surface area contributed by atoms with Gasteiger partial charge in [0.05, 0.1) is 17.5 Å². The normalized spacial score (nSPS) is 11.8. The summed E-state index contributed by atoms with van der Waals surface area (Å²) in [6.07, 6.45) is -5.05. The summed E-state index contributed by atoms with van der Waals surface area (Å²) in [6.45, 7) is 1.44. The summed E-state index contributed by atoms with van der Waals surface area (Å²) in [6, 6.07) is 5.38. The highest BCUT2D eigenvalue weighted by molar-refractivity contribution is 6.05. The molecule has 3 aromatic rings. The van der Waals surface area contributed by atoms with E-state index in [0.29, 0.717) is 0 Å². The van der Waals surface area contributed by atoms with Crippen LogP contribution in [-0.2, 0) is 17.4 Å². The zero-order chi connectivity index (χ0) is 20.8. The summed E-state index contributed by atoms with van der Waals surface area (Å²) < 4.78 is 53.0. The number of carbonyl (C=O) groups excluding carboxylic acids is 1. The monoisotopic (exact) mass is 395 g/mol. The fourth-order valence-corrected chi connectivity index (χ4v) is 3.06. The molecule has 0 aliphatic carbocycles. The van der Waals surface area contributed by atoms with E-state index in [-0.39, 0.29) is 27.7 Å². The lowest BCUT2D eigenvalue weighted by Gasteiger charge is -2.10. The second kappa shape index (κ2) is 6.66. The third kappa shape index (κ3) is 3.30. The van der Waals surface area contributed by atoms with Crippen molar-refractivity contribution in [1.82, 2.24) is 4.57 Å². The number of hydrogen-bond acceptors (Lipinski definition) is 3. The molecule has 0 saturated carbocycles. The number of hydrogen-bond donors (Lipinski definition) is 2. The molecule has 2 aromatic carbocycles. The van der Waals surface area contributed by atoms with Gasteiger partial charge >= 0.3 is 12.1 Å². The maximum absolute atomic E-state index is 13.9. The average molecular weight is 395 g/mol. The zero-order valence-electron chi connectivity index (χ0n) is 14.3. The van der Waals surface area contributed by atoms with E-state index in [4.69, 9.17) is 5.11 Å². The molecule has 0 unspecified atom stereocenters. The highest BCUT2D eigenvalue weighted by atomic mass is 19.4. The summed E-state index contributed by atoms with van der Waals surface area (Å²) in [5, 5.41) is 18.9. The molecule has 28 heavy (non-hydrogen) atoms. The first-order chi connectivity index (χ1) is 13.0. The molecule has 1 aromatic heterocycles. The highest BCUT2D eigenvalue weighted by Crippen LogP contribution is 2.33. The van der Waals surface area contributed by atoms with Crippen LogP contribution >= 0.6 is 0 Å². The van der Waals surface area contributed by atoms with Gasteiger partial charge in [-0.05, 0) is 42.8 Å². The lowest BCUT2D eigenvalue weighted by atomic mass is 10.1. The zero-order valence-corrected chi connectivity index (χ0v) is 14.3. The van der Waals surface area contributed by atoms with Crippen LogP contribution in [0.3, 0.4) is 0 Å². The van der Waals surface area contributed by atoms with Gasteiger partial charge in [-0.15, -0.1) is 0 Å². The largest absolute Gasteiger partial charge is 0.505 e. The second-order valence-corrected chi connectivity index (χ2v) is 6.17. The molecule has 2 N–H and O–H groups in total. The lowest BCUT2D eigenvalue weighted by Crippen LogP contribution is -2.15. The second-order valence-electron chi connectivity index (χ2n) is 6.17. The number of nitrogens with zero attached hydrogens (tertiary/aromatic N) is 1. The van der Waals surface area contributed by atoms with E-state index >= 15 is 0 Å². The minimum absolute atomic E-state index is 0.00829. The maximum Gasteiger partial charge on any atom is 0.416 e. The van der Waals surface area contributed by atoms with E-state index in [1.165, 1.54) is 6.92 Å². The van der Waals surface area contributed by atoms with Gasteiger partial charge in [-0.1, -0.05) is 0 Å². The van der Waals surface area contributed by atoms with Crippen LogP contribution in [0.15, 0.2) is 36.4 Å². The summed E-state index contributed by atoms with van der Waals surface area (Å²) >= 11 is 0. The van der Waals surface area contributed by atoms with Crippen molar-refractivity contribution in [3.63, 3.8) is 0 Å². The number of aromatic nitrogens is 1. The van der Waals surface area contributed by atoms with Crippen LogP contribution in [0.4, 0.5) is 17.6 Å². The molecule has 0 amide bonds. The van der Waals surface area contributed by atoms with E-state index in [1.807, 2.05) is 0 Å². The molecule has 3 rings (SSSR count). The first kappa shape index (κ1) is 19.4. The smallest absolute Gasteiger partial charge is 0.416 e. The van der Waals surface area contributed by atoms with Crippen molar-refractivity contribution < 1.29 is 37.4 Å². The SMILES string of the molecule is Cc1c(CC(=O)O)c2cc(O)c(F)cc2n1C(=O)c1ccc(C(F)(F)F)cc1. The number of phenols is 1. The molecule has 0 saturated heterocycles. The molecular formula is C19H13F4NO4. The van der Waals surface area contributed by atoms with Crippen molar-refractivity contribution in [3.8, 4) is 5.75 Å². The molecule has 0 spiro atoms. The molecule has 9 heteroatoms. The first-order valence-corrected chi connectivity index (χ1v) is 7.97. The quantitative estimate of drug-likeness (QED) is 0.654. The fourth-order valence-electron chi connectivity index (χ4n) is 3.06. The van der Waals surface area contributed by atoms with Gasteiger partial charge in [0.15, 0.2) is 11.6 Å². The summed E-state index contributed by atoms with van der Waals surface area (Å²) in [7, 11) is 0. The average Bonchev–Trinajstić information content (AvgIpc) is 2.85. The van der Waals surface area contributed by atoms with Gasteiger partial charge in [-0.25, -0.2) is 4.39 Å². The summed E-state index contributed by atoms with van der Waals surface area (Å²) in [4.78, 5) is 24.0. The topological polar surface area (TPSA) is 79.5 Å². The highest BCUT2D eigenvalue weighted by Gasteiger charge is 2.30. The Morgan fingerprint density at radius 3 is 2.25 bits per heavy atom. The third-order valence-corrected chi connectivity index (χ3v) is 4.39. The van der Waals surface area contributed by atoms with Crippen molar-refractivity contribution in [2.45, 2.75) is 19.5 Å². The van der Waals surface area contributed by atoms with E-state index < -0.39 is 41.6 Å². The van der Waals surface area contributed by atoms with Crippen LogP contribution < -0.4 is 0 Å². The molecule has 1 heterocycles. The fraction of sp³-hybridized carbons (Fsp3) is 0.158. The Kier molecular flexibility index (Phi) is 4.62. The Bertz CT molecular complexity index is 1100. The maximum atomic E-state index is 13.9. The minimum Gasteiger partial charge on any atom is -0.505 e. The van der Waals surface area contributed by atoms with E-state index in [0.717, 1.165) is 41.0 Å². The van der Waals surface area contributed by atoms with Crippen molar-refractivity contribution in [2.75, 3.05) is 0 Å². The van der Waals surface area contributed by atoms with Crippen LogP contribution in [0, 0.1) is 12.7 Å². The molecule has 0 atom stereocenters. The number of aliphatic carboxylic acids is 1. The van der Waals surface area contributed by atoms with Crippen LogP contribution in [0.1, 0.15) is 27.2 Å². The standard InChI is InChI=1S/C19H13F4NO4/c1-9-12(7-17(26)27)13-6-16(25)14(20)8-15(13)24(9)18(28)10-2-4-11(5-3-10)19(21,22)23/h2-6,8,25H,7H2,1H3,(H,26,27). The van der Waals surface area contributed by atoms with Gasteiger partial charge < -0.3 is 10.2 Å². The van der Waals surface area contributed by atoms with Crippen molar-refractivity contribution in [2.24, 2.45) is 0 Å². The molecule has 0 fully saturated rings. The predicted molar refractivity (Wildman–Crippen MR) is 90.8 cm³/mol. The number of fused-ring (bicyclic) bond motifs is 1. The van der Waals surface area contributed by atoms with Crippen molar-refractivity contribution >= 4 is 22.8 Å². The van der Waals surface area contributed by atoms with Crippen LogP contribution in [-0.4, -0.2) is 26.7 Å². The number of carboxylic acid groups (broad SMARTS) is 1. The number of phenolic OH excluding ortho intramolecular Hbond substituents is 1. The van der Waals surface area contributed by atoms with Gasteiger partial charge in [0.1, 0.15) is 0 Å². The number of rotatable bonds is 3. The Hall–Kier alpha value is -3.36. The Labute approximate surface area is 155 Å². The molecule has 5 nitrogen and oxygen atoms in total. The number of carboxylic acids is 1.